The molecule has 11 heteroatoms. The van der Waals surface area contributed by atoms with Crippen LogP contribution in [-0.4, -0.2) is 68.9 Å². The van der Waals surface area contributed by atoms with E-state index in [1.807, 2.05) is 26.8 Å². The van der Waals surface area contributed by atoms with E-state index in [-0.39, 0.29) is 29.2 Å². The largest absolute Gasteiger partial charge is 0.573 e. The molecule has 0 N–H and O–H groups in total. The summed E-state index contributed by atoms with van der Waals surface area (Å²) < 4.78 is 47.8. The van der Waals surface area contributed by atoms with Crippen LogP contribution in [0.3, 0.4) is 0 Å². The van der Waals surface area contributed by atoms with E-state index >= 15 is 0 Å². The summed E-state index contributed by atoms with van der Waals surface area (Å²) in [4.78, 5) is 37.4. The van der Waals surface area contributed by atoms with Gasteiger partial charge >= 0.3 is 12.5 Å². The van der Waals surface area contributed by atoms with E-state index in [0.717, 1.165) is 30.4 Å². The van der Waals surface area contributed by atoms with Crippen molar-refractivity contribution in [1.82, 2.24) is 19.8 Å². The zero-order valence-corrected chi connectivity index (χ0v) is 21.7. The molecule has 1 aromatic heterocycles. The number of hydrogen-bond acceptors (Lipinski definition) is 6. The second kappa shape index (κ2) is 9.43. The molecule has 2 aliphatic heterocycles. The molecule has 3 aliphatic rings. The van der Waals surface area contributed by atoms with Crippen molar-refractivity contribution in [2.45, 2.75) is 76.3 Å². The SMILES string of the molecule is CC(C)(C)OC(=O)N1CC2(CCN2C(=O)c2cnc(CCc3cc(OC(F)(F)F)cc(C4CC4)c3)nc2)C1. The van der Waals surface area contributed by atoms with Gasteiger partial charge in [-0.2, -0.15) is 0 Å². The summed E-state index contributed by atoms with van der Waals surface area (Å²) in [5, 5.41) is 0. The molecule has 38 heavy (non-hydrogen) atoms. The Balaban J connectivity index is 1.18. The molecular weight excluding hydrogens is 501 g/mol. The number of likely N-dealkylation sites (tertiary alicyclic amines) is 2. The van der Waals surface area contributed by atoms with Gasteiger partial charge in [0.2, 0.25) is 0 Å². The molecule has 204 valence electrons. The number of alkyl halides is 3. The van der Waals surface area contributed by atoms with Gasteiger partial charge in [-0.3, -0.25) is 4.79 Å². The smallest absolute Gasteiger partial charge is 0.444 e. The van der Waals surface area contributed by atoms with E-state index in [0.29, 0.717) is 43.9 Å². The minimum absolute atomic E-state index is 0.183. The summed E-state index contributed by atoms with van der Waals surface area (Å²) in [6.45, 7) is 6.91. The van der Waals surface area contributed by atoms with Crippen LogP contribution in [0.15, 0.2) is 30.6 Å². The van der Waals surface area contributed by atoms with Gasteiger partial charge in [-0.05, 0) is 75.6 Å². The topological polar surface area (TPSA) is 84.9 Å². The number of amides is 2. The summed E-state index contributed by atoms with van der Waals surface area (Å²) >= 11 is 0. The minimum Gasteiger partial charge on any atom is -0.444 e. The third-order valence-corrected chi connectivity index (χ3v) is 7.10. The van der Waals surface area contributed by atoms with Crippen molar-refractivity contribution in [3.8, 4) is 5.75 Å². The highest BCUT2D eigenvalue weighted by Gasteiger charge is 2.57. The van der Waals surface area contributed by atoms with Crippen LogP contribution in [0.25, 0.3) is 0 Å². The quantitative estimate of drug-likeness (QED) is 0.528. The number of carbonyl (C=O) groups excluding carboxylic acids is 2. The third kappa shape index (κ3) is 5.86. The molecule has 3 fully saturated rings. The molecule has 0 bridgehead atoms. The van der Waals surface area contributed by atoms with Crippen LogP contribution in [0.4, 0.5) is 18.0 Å². The summed E-state index contributed by atoms with van der Waals surface area (Å²) in [5.41, 5.74) is 0.996. The van der Waals surface area contributed by atoms with Gasteiger partial charge in [-0.1, -0.05) is 6.07 Å². The lowest BCUT2D eigenvalue weighted by atomic mass is 9.77. The standard InChI is InChI=1S/C27H31F3N4O4/c1-25(2,3)38-24(36)33-15-26(16-33)8-9-34(26)23(35)20-13-31-22(32-14-20)7-4-17-10-19(18-5-6-18)12-21(11-17)37-27(28,29)30/h10-14,18H,4-9,15-16H2,1-3H3. The summed E-state index contributed by atoms with van der Waals surface area (Å²) in [7, 11) is 0. The first-order valence-corrected chi connectivity index (χ1v) is 12.8. The summed E-state index contributed by atoms with van der Waals surface area (Å²) in [6, 6.07) is 4.78. The van der Waals surface area contributed by atoms with Crippen LogP contribution in [0.2, 0.25) is 0 Å². The van der Waals surface area contributed by atoms with Crippen molar-refractivity contribution in [3.05, 3.63) is 53.1 Å². The van der Waals surface area contributed by atoms with Crippen molar-refractivity contribution < 1.29 is 32.2 Å². The molecule has 2 saturated heterocycles. The highest BCUT2D eigenvalue weighted by Crippen LogP contribution is 2.42. The van der Waals surface area contributed by atoms with Crippen molar-refractivity contribution in [2.24, 2.45) is 0 Å². The van der Waals surface area contributed by atoms with E-state index in [1.54, 1.807) is 9.80 Å². The van der Waals surface area contributed by atoms with Gasteiger partial charge in [0.25, 0.3) is 5.91 Å². The van der Waals surface area contributed by atoms with Crippen molar-refractivity contribution in [1.29, 1.82) is 0 Å². The average Bonchev–Trinajstić information content (AvgIpc) is 3.59. The van der Waals surface area contributed by atoms with Crippen molar-refractivity contribution >= 4 is 12.0 Å². The second-order valence-corrected chi connectivity index (χ2v) is 11.4. The van der Waals surface area contributed by atoms with Gasteiger partial charge in [-0.15, -0.1) is 13.2 Å². The molecule has 0 unspecified atom stereocenters. The number of aryl methyl sites for hydroxylation is 2. The predicted octanol–water partition coefficient (Wildman–Crippen LogP) is 4.87. The van der Waals surface area contributed by atoms with Gasteiger partial charge in [0.05, 0.1) is 11.1 Å². The highest BCUT2D eigenvalue weighted by molar-refractivity contribution is 5.95. The third-order valence-electron chi connectivity index (χ3n) is 7.10. The first kappa shape index (κ1) is 26.2. The lowest BCUT2D eigenvalue weighted by Gasteiger charge is -2.61. The molecular formula is C27H31F3N4O4. The normalized spacial score (nSPS) is 18.6. The van der Waals surface area contributed by atoms with E-state index in [9.17, 15) is 22.8 Å². The molecule has 0 atom stereocenters. The lowest BCUT2D eigenvalue weighted by Crippen LogP contribution is -2.78. The number of ether oxygens (including phenoxy) is 2. The number of carbonyl (C=O) groups is 2. The maximum Gasteiger partial charge on any atom is 0.573 e. The first-order chi connectivity index (χ1) is 17.8. The fraction of sp³-hybridized carbons (Fsp3) is 0.556. The van der Waals surface area contributed by atoms with Gasteiger partial charge in [-0.25, -0.2) is 14.8 Å². The van der Waals surface area contributed by atoms with E-state index < -0.39 is 12.0 Å². The molecule has 0 radical (unpaired) electrons. The number of nitrogens with zero attached hydrogens (tertiary/aromatic N) is 4. The van der Waals surface area contributed by atoms with Crippen LogP contribution in [0, 0.1) is 0 Å². The zero-order valence-electron chi connectivity index (χ0n) is 21.7. The van der Waals surface area contributed by atoms with Crippen LogP contribution in [-0.2, 0) is 17.6 Å². The maximum atomic E-state index is 13.1. The Morgan fingerprint density at radius 1 is 1.05 bits per heavy atom. The van der Waals surface area contributed by atoms with Crippen LogP contribution >= 0.6 is 0 Å². The van der Waals surface area contributed by atoms with Crippen LogP contribution in [0.1, 0.15) is 73.3 Å². The summed E-state index contributed by atoms with van der Waals surface area (Å²) in [6.07, 6.45) is 1.44. The molecule has 1 spiro atoms. The number of rotatable bonds is 6. The van der Waals surface area contributed by atoms with Crippen molar-refractivity contribution in [2.75, 3.05) is 19.6 Å². The van der Waals surface area contributed by atoms with Crippen LogP contribution < -0.4 is 4.74 Å². The fourth-order valence-corrected chi connectivity index (χ4v) is 4.99. The Bertz CT molecular complexity index is 1220. The monoisotopic (exact) mass is 532 g/mol. The Morgan fingerprint density at radius 2 is 1.74 bits per heavy atom. The van der Waals surface area contributed by atoms with Gasteiger partial charge in [0.1, 0.15) is 17.2 Å². The Morgan fingerprint density at radius 3 is 2.29 bits per heavy atom. The fourth-order valence-electron chi connectivity index (χ4n) is 4.99. The molecule has 5 rings (SSSR count). The van der Waals surface area contributed by atoms with Crippen molar-refractivity contribution in [3.63, 3.8) is 0 Å². The Hall–Kier alpha value is -3.37. The highest BCUT2D eigenvalue weighted by atomic mass is 19.4. The zero-order chi connectivity index (χ0) is 27.3. The predicted molar refractivity (Wildman–Crippen MR) is 131 cm³/mol. The molecule has 2 aromatic rings. The van der Waals surface area contributed by atoms with Gasteiger partial charge in [0.15, 0.2) is 0 Å². The lowest BCUT2D eigenvalue weighted by molar-refractivity contribution is -0.274. The Kier molecular flexibility index (Phi) is 6.51. The minimum atomic E-state index is -4.74. The number of hydrogen-bond donors (Lipinski definition) is 0. The first-order valence-electron chi connectivity index (χ1n) is 12.8. The molecule has 8 nitrogen and oxygen atoms in total. The Labute approximate surface area is 219 Å². The van der Waals surface area contributed by atoms with Gasteiger partial charge < -0.3 is 19.3 Å². The second-order valence-electron chi connectivity index (χ2n) is 11.4. The van der Waals surface area contributed by atoms with Crippen LogP contribution in [0.5, 0.6) is 5.75 Å². The van der Waals surface area contributed by atoms with E-state index in [2.05, 4.69) is 14.7 Å². The number of aromatic nitrogens is 2. The molecule has 3 heterocycles. The average molecular weight is 533 g/mol. The number of benzene rings is 1. The summed E-state index contributed by atoms with van der Waals surface area (Å²) in [5.74, 6) is 0.389. The molecule has 1 aromatic carbocycles. The van der Waals surface area contributed by atoms with E-state index in [4.69, 9.17) is 4.74 Å². The van der Waals surface area contributed by atoms with E-state index in [1.165, 1.54) is 24.5 Å². The molecule has 1 aliphatic carbocycles. The molecule has 1 saturated carbocycles. The molecule has 2 amide bonds. The van der Waals surface area contributed by atoms with Gasteiger partial charge in [0, 0.05) is 38.4 Å². The number of halogens is 3. The maximum absolute atomic E-state index is 13.1.